The second-order valence-corrected chi connectivity index (χ2v) is 4.25. The minimum atomic E-state index is 0.250. The molecule has 20 heavy (non-hydrogen) atoms. The molecular formula is C16H17N3O. The van der Waals surface area contributed by atoms with Crippen molar-refractivity contribution in [3.8, 4) is 11.3 Å². The molecule has 4 nitrogen and oxygen atoms in total. The molecule has 2 heterocycles. The number of rotatable bonds is 2. The van der Waals surface area contributed by atoms with Crippen LogP contribution in [0.5, 0.6) is 0 Å². The lowest BCUT2D eigenvalue weighted by atomic mass is 10.1. The van der Waals surface area contributed by atoms with E-state index < -0.39 is 0 Å². The molecule has 0 spiro atoms. The Bertz CT molecular complexity index is 686. The number of primary amides is 1. The van der Waals surface area contributed by atoms with Gasteiger partial charge in [0.25, 0.3) is 0 Å². The van der Waals surface area contributed by atoms with Crippen molar-refractivity contribution in [3.05, 3.63) is 66.4 Å². The summed E-state index contributed by atoms with van der Waals surface area (Å²) >= 11 is 0. The van der Waals surface area contributed by atoms with Gasteiger partial charge in [0.1, 0.15) is 0 Å². The summed E-state index contributed by atoms with van der Waals surface area (Å²) < 4.78 is 2.19. The number of aromatic nitrogens is 1. The lowest BCUT2D eigenvalue weighted by Gasteiger charge is -2.04. The first-order chi connectivity index (χ1) is 9.80. The van der Waals surface area contributed by atoms with Crippen LogP contribution in [0.3, 0.4) is 0 Å². The SMILES string of the molecule is NC=O.NCc1ccc(-c2ccc3ccccn23)cc1. The molecule has 3 rings (SSSR count). The van der Waals surface area contributed by atoms with E-state index in [9.17, 15) is 0 Å². The molecule has 0 atom stereocenters. The van der Waals surface area contributed by atoms with E-state index in [1.54, 1.807) is 0 Å². The molecule has 1 amide bonds. The Hall–Kier alpha value is -2.59. The number of fused-ring (bicyclic) bond motifs is 1. The van der Waals surface area contributed by atoms with Crippen molar-refractivity contribution < 1.29 is 4.79 Å². The summed E-state index contributed by atoms with van der Waals surface area (Å²) in [7, 11) is 0. The summed E-state index contributed by atoms with van der Waals surface area (Å²) in [6, 6.07) is 18.9. The van der Waals surface area contributed by atoms with Crippen LogP contribution in [0.1, 0.15) is 5.56 Å². The normalized spacial score (nSPS) is 9.85. The maximum atomic E-state index is 8.58. The summed E-state index contributed by atoms with van der Waals surface area (Å²) in [5.41, 5.74) is 14.6. The Morgan fingerprint density at radius 1 is 1.00 bits per heavy atom. The minimum absolute atomic E-state index is 0.250. The molecule has 0 bridgehead atoms. The van der Waals surface area contributed by atoms with Gasteiger partial charge in [-0.25, -0.2) is 0 Å². The van der Waals surface area contributed by atoms with E-state index in [0.717, 1.165) is 5.56 Å². The van der Waals surface area contributed by atoms with E-state index in [4.69, 9.17) is 10.5 Å². The van der Waals surface area contributed by atoms with Gasteiger partial charge < -0.3 is 15.9 Å². The Morgan fingerprint density at radius 2 is 1.70 bits per heavy atom. The predicted molar refractivity (Wildman–Crippen MR) is 81.0 cm³/mol. The van der Waals surface area contributed by atoms with Gasteiger partial charge in [-0.3, -0.25) is 4.79 Å². The number of pyridine rings is 1. The molecule has 0 aliphatic rings. The number of amides is 1. The van der Waals surface area contributed by atoms with Crippen molar-refractivity contribution in [2.75, 3.05) is 0 Å². The van der Waals surface area contributed by atoms with Crippen molar-refractivity contribution in [1.29, 1.82) is 0 Å². The van der Waals surface area contributed by atoms with Crippen molar-refractivity contribution in [3.63, 3.8) is 0 Å². The van der Waals surface area contributed by atoms with Gasteiger partial charge in [0, 0.05) is 18.3 Å². The Kier molecular flexibility index (Phi) is 4.52. The number of hydrogen-bond donors (Lipinski definition) is 2. The van der Waals surface area contributed by atoms with E-state index in [1.165, 1.54) is 16.8 Å². The summed E-state index contributed by atoms with van der Waals surface area (Å²) in [4.78, 5) is 8.58. The largest absolute Gasteiger partial charge is 0.372 e. The van der Waals surface area contributed by atoms with Crippen LogP contribution in [0.2, 0.25) is 0 Å². The van der Waals surface area contributed by atoms with Gasteiger partial charge in [0.15, 0.2) is 0 Å². The highest BCUT2D eigenvalue weighted by Crippen LogP contribution is 2.22. The Morgan fingerprint density at radius 3 is 2.35 bits per heavy atom. The summed E-state index contributed by atoms with van der Waals surface area (Å²) in [5, 5.41) is 0. The highest BCUT2D eigenvalue weighted by atomic mass is 16.1. The smallest absolute Gasteiger partial charge is 0.204 e. The molecule has 3 aromatic rings. The van der Waals surface area contributed by atoms with Crippen LogP contribution in [0, 0.1) is 0 Å². The zero-order valence-electron chi connectivity index (χ0n) is 11.1. The molecule has 0 fully saturated rings. The highest BCUT2D eigenvalue weighted by Gasteiger charge is 2.03. The lowest BCUT2D eigenvalue weighted by Crippen LogP contribution is -1.95. The molecular weight excluding hydrogens is 250 g/mol. The number of benzene rings is 1. The van der Waals surface area contributed by atoms with Crippen molar-refractivity contribution in [2.24, 2.45) is 11.5 Å². The fraction of sp³-hybridized carbons (Fsp3) is 0.0625. The molecule has 0 aliphatic heterocycles. The average molecular weight is 267 g/mol. The number of nitrogens with zero attached hydrogens (tertiary/aromatic N) is 1. The van der Waals surface area contributed by atoms with Crippen LogP contribution in [0.25, 0.3) is 16.8 Å². The summed E-state index contributed by atoms with van der Waals surface area (Å²) in [6.45, 7) is 0.592. The molecule has 0 radical (unpaired) electrons. The summed E-state index contributed by atoms with van der Waals surface area (Å²) in [5.74, 6) is 0. The predicted octanol–water partition coefficient (Wildman–Crippen LogP) is 2.17. The van der Waals surface area contributed by atoms with E-state index >= 15 is 0 Å². The lowest BCUT2D eigenvalue weighted by molar-refractivity contribution is -0.106. The Labute approximate surface area is 117 Å². The topological polar surface area (TPSA) is 73.5 Å². The van der Waals surface area contributed by atoms with Gasteiger partial charge in [-0.15, -0.1) is 0 Å². The number of nitrogens with two attached hydrogens (primary N) is 2. The Balaban J connectivity index is 0.000000452. The minimum Gasteiger partial charge on any atom is -0.372 e. The van der Waals surface area contributed by atoms with Gasteiger partial charge in [-0.1, -0.05) is 30.3 Å². The zero-order valence-corrected chi connectivity index (χ0v) is 11.1. The first kappa shape index (κ1) is 13.8. The average Bonchev–Trinajstić information content (AvgIpc) is 2.92. The molecule has 0 aliphatic carbocycles. The third-order valence-corrected chi connectivity index (χ3v) is 3.05. The quantitative estimate of drug-likeness (QED) is 0.698. The molecule has 0 unspecified atom stereocenters. The maximum absolute atomic E-state index is 8.58. The van der Waals surface area contributed by atoms with E-state index in [-0.39, 0.29) is 6.41 Å². The van der Waals surface area contributed by atoms with Crippen LogP contribution in [0.15, 0.2) is 60.8 Å². The number of carbonyl (C=O) groups excluding carboxylic acids is 1. The molecule has 2 aromatic heterocycles. The van der Waals surface area contributed by atoms with Crippen molar-refractivity contribution >= 4 is 11.9 Å². The summed E-state index contributed by atoms with van der Waals surface area (Å²) in [6.07, 6.45) is 2.33. The molecule has 1 aromatic carbocycles. The third kappa shape index (κ3) is 2.87. The number of hydrogen-bond acceptors (Lipinski definition) is 2. The highest BCUT2D eigenvalue weighted by molar-refractivity contribution is 5.67. The van der Waals surface area contributed by atoms with Gasteiger partial charge in [0.2, 0.25) is 6.41 Å². The molecule has 102 valence electrons. The fourth-order valence-electron chi connectivity index (χ4n) is 2.10. The number of carbonyl (C=O) groups is 1. The van der Waals surface area contributed by atoms with Gasteiger partial charge in [-0.2, -0.15) is 0 Å². The van der Waals surface area contributed by atoms with E-state index in [1.807, 2.05) is 6.07 Å². The van der Waals surface area contributed by atoms with Gasteiger partial charge >= 0.3 is 0 Å². The van der Waals surface area contributed by atoms with Crippen LogP contribution >= 0.6 is 0 Å². The van der Waals surface area contributed by atoms with Crippen LogP contribution in [-0.4, -0.2) is 10.8 Å². The molecule has 0 saturated heterocycles. The maximum Gasteiger partial charge on any atom is 0.204 e. The second-order valence-electron chi connectivity index (χ2n) is 4.25. The molecule has 0 saturated carbocycles. The molecule has 4 N–H and O–H groups in total. The monoisotopic (exact) mass is 267 g/mol. The second kappa shape index (κ2) is 6.54. The third-order valence-electron chi connectivity index (χ3n) is 3.05. The van der Waals surface area contributed by atoms with E-state index in [2.05, 4.69) is 64.9 Å². The first-order valence-corrected chi connectivity index (χ1v) is 6.31. The van der Waals surface area contributed by atoms with Crippen molar-refractivity contribution in [1.82, 2.24) is 4.40 Å². The van der Waals surface area contributed by atoms with E-state index in [0.29, 0.717) is 6.54 Å². The van der Waals surface area contributed by atoms with Crippen LogP contribution in [-0.2, 0) is 11.3 Å². The fourth-order valence-corrected chi connectivity index (χ4v) is 2.10. The molecule has 4 heteroatoms. The van der Waals surface area contributed by atoms with Crippen molar-refractivity contribution in [2.45, 2.75) is 6.54 Å². The zero-order chi connectivity index (χ0) is 14.4. The van der Waals surface area contributed by atoms with Crippen LogP contribution < -0.4 is 11.5 Å². The van der Waals surface area contributed by atoms with Crippen LogP contribution in [0.4, 0.5) is 0 Å². The standard InChI is InChI=1S/C15H14N2.CH3NO/c16-11-12-4-6-13(7-5-12)15-9-8-14-3-1-2-10-17(14)15;2-1-3/h1-10H,11,16H2;1H,(H2,2,3). The van der Waals surface area contributed by atoms with Gasteiger partial charge in [0.05, 0.1) is 5.69 Å². The first-order valence-electron chi connectivity index (χ1n) is 6.31. The van der Waals surface area contributed by atoms with Gasteiger partial charge in [-0.05, 0) is 35.4 Å².